The van der Waals surface area contributed by atoms with Crippen LogP contribution in [0.15, 0.2) is 10.6 Å². The molecule has 0 bridgehead atoms. The minimum absolute atomic E-state index is 0.0830. The third-order valence-corrected chi connectivity index (χ3v) is 3.23. The van der Waals surface area contributed by atoms with Gasteiger partial charge in [-0.3, -0.25) is 4.79 Å². The molecule has 1 amide bonds. The number of carbonyl (C=O) groups is 1. The summed E-state index contributed by atoms with van der Waals surface area (Å²) in [5.41, 5.74) is 0.401. The normalized spacial score (nSPS) is 20.9. The van der Waals surface area contributed by atoms with Gasteiger partial charge in [-0.05, 0) is 12.8 Å². The van der Waals surface area contributed by atoms with E-state index in [0.717, 1.165) is 18.6 Å². The van der Waals surface area contributed by atoms with Crippen LogP contribution in [0.25, 0.3) is 0 Å². The van der Waals surface area contributed by atoms with Crippen LogP contribution in [0.2, 0.25) is 0 Å². The zero-order valence-electron chi connectivity index (χ0n) is 8.93. The van der Waals surface area contributed by atoms with Crippen LogP contribution in [-0.2, 0) is 0 Å². The van der Waals surface area contributed by atoms with Gasteiger partial charge in [0.25, 0.3) is 5.91 Å². The zero-order valence-corrected chi connectivity index (χ0v) is 8.93. The van der Waals surface area contributed by atoms with Crippen molar-refractivity contribution in [1.82, 2.24) is 10.1 Å². The fourth-order valence-corrected chi connectivity index (χ4v) is 1.96. The number of rotatable bonds is 3. The van der Waals surface area contributed by atoms with Gasteiger partial charge in [0, 0.05) is 37.6 Å². The number of amides is 1. The van der Waals surface area contributed by atoms with Gasteiger partial charge in [-0.2, -0.15) is 0 Å². The van der Waals surface area contributed by atoms with Crippen molar-refractivity contribution in [1.29, 1.82) is 0 Å². The number of aliphatic hydroxyl groups excluding tert-OH is 1. The summed E-state index contributed by atoms with van der Waals surface area (Å²) in [4.78, 5) is 13.6. The SMILES string of the molecule is O=C(c1cc(C2CC2)on1)N1CC(CO)C1. The van der Waals surface area contributed by atoms with E-state index in [0.29, 0.717) is 24.7 Å². The maximum absolute atomic E-state index is 11.9. The lowest BCUT2D eigenvalue weighted by atomic mass is 10.0. The first-order valence-corrected chi connectivity index (χ1v) is 5.64. The number of hydrogen-bond donors (Lipinski definition) is 1. The quantitative estimate of drug-likeness (QED) is 0.814. The predicted octanol–water partition coefficient (Wildman–Crippen LogP) is 0.616. The summed E-state index contributed by atoms with van der Waals surface area (Å²) in [6, 6.07) is 1.76. The van der Waals surface area contributed by atoms with E-state index in [1.54, 1.807) is 11.0 Å². The number of carbonyl (C=O) groups excluding carboxylic acids is 1. The Morgan fingerprint density at radius 3 is 2.94 bits per heavy atom. The molecule has 2 fully saturated rings. The van der Waals surface area contributed by atoms with E-state index in [-0.39, 0.29) is 18.4 Å². The third-order valence-electron chi connectivity index (χ3n) is 3.23. The molecule has 2 aliphatic rings. The van der Waals surface area contributed by atoms with Crippen molar-refractivity contribution in [3.05, 3.63) is 17.5 Å². The molecule has 1 aliphatic carbocycles. The molecule has 0 atom stereocenters. The molecule has 0 aromatic carbocycles. The molecule has 5 nitrogen and oxygen atoms in total. The Balaban J connectivity index is 1.65. The monoisotopic (exact) mass is 222 g/mol. The van der Waals surface area contributed by atoms with Crippen LogP contribution < -0.4 is 0 Å². The minimum atomic E-state index is -0.0830. The van der Waals surface area contributed by atoms with E-state index in [9.17, 15) is 4.79 Å². The summed E-state index contributed by atoms with van der Waals surface area (Å²) < 4.78 is 5.13. The van der Waals surface area contributed by atoms with Crippen LogP contribution in [0.4, 0.5) is 0 Å². The minimum Gasteiger partial charge on any atom is -0.396 e. The molecule has 1 aromatic heterocycles. The van der Waals surface area contributed by atoms with E-state index in [1.165, 1.54) is 0 Å². The fraction of sp³-hybridized carbons (Fsp3) is 0.636. The molecule has 1 N–H and O–H groups in total. The number of aromatic nitrogens is 1. The van der Waals surface area contributed by atoms with Crippen LogP contribution in [0, 0.1) is 5.92 Å². The smallest absolute Gasteiger partial charge is 0.276 e. The van der Waals surface area contributed by atoms with Crippen molar-refractivity contribution in [2.45, 2.75) is 18.8 Å². The number of hydrogen-bond acceptors (Lipinski definition) is 4. The Bertz CT molecular complexity index is 405. The van der Waals surface area contributed by atoms with Crippen molar-refractivity contribution in [3.63, 3.8) is 0 Å². The lowest BCUT2D eigenvalue weighted by Crippen LogP contribution is -2.51. The molecule has 1 aliphatic heterocycles. The lowest BCUT2D eigenvalue weighted by molar-refractivity contribution is 0.0353. The summed E-state index contributed by atoms with van der Waals surface area (Å²) in [5, 5.41) is 12.7. The van der Waals surface area contributed by atoms with Crippen molar-refractivity contribution in [2.75, 3.05) is 19.7 Å². The molecule has 0 spiro atoms. The van der Waals surface area contributed by atoms with Gasteiger partial charge in [-0.1, -0.05) is 5.16 Å². The number of aliphatic hydroxyl groups is 1. The van der Waals surface area contributed by atoms with Gasteiger partial charge in [-0.15, -0.1) is 0 Å². The van der Waals surface area contributed by atoms with Crippen LogP contribution in [-0.4, -0.2) is 40.8 Å². The highest BCUT2D eigenvalue weighted by Gasteiger charge is 2.34. The summed E-state index contributed by atoms with van der Waals surface area (Å²) in [6.07, 6.45) is 2.28. The molecule has 5 heteroatoms. The summed E-state index contributed by atoms with van der Waals surface area (Å²) in [7, 11) is 0. The van der Waals surface area contributed by atoms with E-state index >= 15 is 0 Å². The molecule has 0 radical (unpaired) electrons. The third kappa shape index (κ3) is 1.61. The summed E-state index contributed by atoms with van der Waals surface area (Å²) in [6.45, 7) is 1.40. The average molecular weight is 222 g/mol. The van der Waals surface area contributed by atoms with Gasteiger partial charge in [-0.25, -0.2) is 0 Å². The average Bonchev–Trinajstić information content (AvgIpc) is 2.95. The second-order valence-corrected chi connectivity index (χ2v) is 4.65. The highest BCUT2D eigenvalue weighted by Crippen LogP contribution is 2.40. The number of nitrogens with zero attached hydrogens (tertiary/aromatic N) is 2. The van der Waals surface area contributed by atoms with Gasteiger partial charge in [0.15, 0.2) is 5.69 Å². The first-order valence-electron chi connectivity index (χ1n) is 5.64. The van der Waals surface area contributed by atoms with Crippen molar-refractivity contribution in [2.24, 2.45) is 5.92 Å². The molecule has 0 unspecified atom stereocenters. The molecule has 1 aromatic rings. The van der Waals surface area contributed by atoms with Crippen LogP contribution in [0.1, 0.15) is 35.0 Å². The first-order chi connectivity index (χ1) is 7.78. The van der Waals surface area contributed by atoms with E-state index < -0.39 is 0 Å². The summed E-state index contributed by atoms with van der Waals surface area (Å²) >= 11 is 0. The lowest BCUT2D eigenvalue weighted by Gasteiger charge is -2.37. The van der Waals surface area contributed by atoms with E-state index in [1.807, 2.05) is 0 Å². The molecule has 2 heterocycles. The largest absolute Gasteiger partial charge is 0.396 e. The predicted molar refractivity (Wildman–Crippen MR) is 55.0 cm³/mol. The van der Waals surface area contributed by atoms with Crippen molar-refractivity contribution < 1.29 is 14.4 Å². The zero-order chi connectivity index (χ0) is 11.1. The van der Waals surface area contributed by atoms with Crippen molar-refractivity contribution >= 4 is 5.91 Å². The van der Waals surface area contributed by atoms with Crippen LogP contribution in [0.3, 0.4) is 0 Å². The van der Waals surface area contributed by atoms with Gasteiger partial charge < -0.3 is 14.5 Å². The maximum atomic E-state index is 11.9. The summed E-state index contributed by atoms with van der Waals surface area (Å²) in [5.74, 6) is 1.47. The van der Waals surface area contributed by atoms with E-state index in [4.69, 9.17) is 9.63 Å². The Kier molecular flexibility index (Phi) is 2.21. The second kappa shape index (κ2) is 3.59. The topological polar surface area (TPSA) is 66.6 Å². The molecule has 86 valence electrons. The molecule has 1 saturated heterocycles. The Morgan fingerprint density at radius 2 is 2.31 bits per heavy atom. The maximum Gasteiger partial charge on any atom is 0.276 e. The van der Waals surface area contributed by atoms with Gasteiger partial charge in [0.2, 0.25) is 0 Å². The molecular formula is C11H14N2O3. The standard InChI is InChI=1S/C11H14N2O3/c14-6-7-4-13(5-7)11(15)9-3-10(16-12-9)8-1-2-8/h3,7-8,14H,1-2,4-6H2. The molecule has 3 rings (SSSR count). The van der Waals surface area contributed by atoms with Gasteiger partial charge >= 0.3 is 0 Å². The molecular weight excluding hydrogens is 208 g/mol. The fourth-order valence-electron chi connectivity index (χ4n) is 1.96. The highest BCUT2D eigenvalue weighted by atomic mass is 16.5. The highest BCUT2D eigenvalue weighted by molar-refractivity contribution is 5.92. The Labute approximate surface area is 93.0 Å². The van der Waals surface area contributed by atoms with Crippen molar-refractivity contribution in [3.8, 4) is 0 Å². The van der Waals surface area contributed by atoms with Gasteiger partial charge in [0.1, 0.15) is 5.76 Å². The molecule has 16 heavy (non-hydrogen) atoms. The first kappa shape index (κ1) is 9.84. The van der Waals surface area contributed by atoms with Crippen LogP contribution in [0.5, 0.6) is 0 Å². The Morgan fingerprint density at radius 1 is 1.56 bits per heavy atom. The number of likely N-dealkylation sites (tertiary alicyclic amines) is 1. The van der Waals surface area contributed by atoms with Gasteiger partial charge in [0.05, 0.1) is 0 Å². The van der Waals surface area contributed by atoms with E-state index in [2.05, 4.69) is 5.16 Å². The Hall–Kier alpha value is -1.36. The molecule has 1 saturated carbocycles. The second-order valence-electron chi connectivity index (χ2n) is 4.65. The van der Waals surface area contributed by atoms with Crippen LogP contribution >= 0.6 is 0 Å².